The second-order valence-corrected chi connectivity index (χ2v) is 4.86. The molecule has 0 amide bonds. The number of carboxylic acid groups (broad SMARTS) is 1. The number of anilines is 1. The Morgan fingerprint density at radius 1 is 1.13 bits per heavy atom. The molecule has 114 valence electrons. The Balaban J connectivity index is 2.31. The van der Waals surface area contributed by atoms with E-state index in [2.05, 4.69) is 9.97 Å². The largest absolute Gasteiger partial charge is 0.478 e. The molecule has 0 fully saturated rings. The Labute approximate surface area is 129 Å². The highest BCUT2D eigenvalue weighted by Crippen LogP contribution is 2.22. The zero-order chi connectivity index (χ0) is 16.6. The van der Waals surface area contributed by atoms with Gasteiger partial charge in [-0.05, 0) is 6.07 Å². The number of hydrogen-bond acceptors (Lipinski definition) is 5. The summed E-state index contributed by atoms with van der Waals surface area (Å²) in [5, 5.41) is 9.00. The monoisotopic (exact) mass is 309 g/mol. The lowest BCUT2D eigenvalue weighted by atomic mass is 10.0. The van der Waals surface area contributed by atoms with E-state index >= 15 is 0 Å². The number of aromatic amines is 1. The van der Waals surface area contributed by atoms with E-state index in [1.165, 1.54) is 6.07 Å². The maximum atomic E-state index is 12.7. The predicted molar refractivity (Wildman–Crippen MR) is 83.6 cm³/mol. The number of nitrogens with one attached hydrogen (secondary N) is 1. The Morgan fingerprint density at radius 3 is 2.48 bits per heavy atom. The molecule has 7 heteroatoms. The number of nitrogens with two attached hydrogens (primary N) is 1. The van der Waals surface area contributed by atoms with Gasteiger partial charge in [-0.3, -0.25) is 14.6 Å². The fraction of sp³-hybridized carbons (Fsp3) is 0. The number of ketones is 1. The number of nitrogen functional groups attached to an aromatic ring is 1. The van der Waals surface area contributed by atoms with Gasteiger partial charge in [-0.25, -0.2) is 4.79 Å². The molecule has 2 heterocycles. The SMILES string of the molecule is Nc1[nH]c(=O)c2cc(C(=O)O)cnc2c1C(=O)c1ccccc1. The lowest BCUT2D eigenvalue weighted by molar-refractivity contribution is 0.0696. The van der Waals surface area contributed by atoms with Crippen LogP contribution in [0.25, 0.3) is 10.9 Å². The highest BCUT2D eigenvalue weighted by molar-refractivity contribution is 6.18. The van der Waals surface area contributed by atoms with Crippen LogP contribution in [0.1, 0.15) is 26.3 Å². The number of carboxylic acids is 1. The van der Waals surface area contributed by atoms with Crippen molar-refractivity contribution in [3.63, 3.8) is 0 Å². The average molecular weight is 309 g/mol. The number of rotatable bonds is 3. The average Bonchev–Trinajstić information content (AvgIpc) is 2.55. The van der Waals surface area contributed by atoms with Gasteiger partial charge in [0.25, 0.3) is 5.56 Å². The molecule has 0 aliphatic carbocycles. The molecule has 0 spiro atoms. The maximum absolute atomic E-state index is 12.7. The van der Waals surface area contributed by atoms with E-state index < -0.39 is 17.3 Å². The summed E-state index contributed by atoms with van der Waals surface area (Å²) in [6.07, 6.45) is 1.09. The number of H-pyrrole nitrogens is 1. The van der Waals surface area contributed by atoms with Crippen LogP contribution in [-0.2, 0) is 0 Å². The molecule has 0 radical (unpaired) electrons. The van der Waals surface area contributed by atoms with Gasteiger partial charge < -0.3 is 15.8 Å². The first-order chi connectivity index (χ1) is 11.0. The van der Waals surface area contributed by atoms with Gasteiger partial charge in [0.15, 0.2) is 5.78 Å². The zero-order valence-corrected chi connectivity index (χ0v) is 11.7. The van der Waals surface area contributed by atoms with E-state index in [1.54, 1.807) is 30.3 Å². The van der Waals surface area contributed by atoms with Crippen molar-refractivity contribution in [1.29, 1.82) is 0 Å². The van der Waals surface area contributed by atoms with Gasteiger partial charge in [-0.1, -0.05) is 30.3 Å². The summed E-state index contributed by atoms with van der Waals surface area (Å²) in [6.45, 7) is 0. The van der Waals surface area contributed by atoms with Crippen molar-refractivity contribution in [3.05, 3.63) is 69.6 Å². The molecule has 1 aromatic carbocycles. The van der Waals surface area contributed by atoms with Crippen molar-refractivity contribution in [1.82, 2.24) is 9.97 Å². The second kappa shape index (κ2) is 5.38. The van der Waals surface area contributed by atoms with Crippen LogP contribution >= 0.6 is 0 Å². The molecule has 0 aliphatic heterocycles. The highest BCUT2D eigenvalue weighted by Gasteiger charge is 2.20. The van der Waals surface area contributed by atoms with Gasteiger partial charge in [0.05, 0.1) is 22.0 Å². The number of benzene rings is 1. The molecule has 4 N–H and O–H groups in total. The van der Waals surface area contributed by atoms with Crippen LogP contribution in [0.15, 0.2) is 47.4 Å². The van der Waals surface area contributed by atoms with Crippen molar-refractivity contribution >= 4 is 28.5 Å². The van der Waals surface area contributed by atoms with Crippen LogP contribution < -0.4 is 11.3 Å². The lowest BCUT2D eigenvalue weighted by Gasteiger charge is -2.08. The van der Waals surface area contributed by atoms with E-state index in [-0.39, 0.29) is 27.8 Å². The fourth-order valence-electron chi connectivity index (χ4n) is 2.30. The first-order valence-corrected chi connectivity index (χ1v) is 6.63. The van der Waals surface area contributed by atoms with Crippen LogP contribution in [0, 0.1) is 0 Å². The third-order valence-electron chi connectivity index (χ3n) is 3.40. The summed E-state index contributed by atoms with van der Waals surface area (Å²) in [5.74, 6) is -1.72. The van der Waals surface area contributed by atoms with Crippen LogP contribution in [0.4, 0.5) is 5.82 Å². The minimum atomic E-state index is -1.22. The van der Waals surface area contributed by atoms with Crippen LogP contribution in [0.5, 0.6) is 0 Å². The van der Waals surface area contributed by atoms with Gasteiger partial charge >= 0.3 is 5.97 Å². The number of carbonyl (C=O) groups excluding carboxylic acids is 1. The van der Waals surface area contributed by atoms with E-state index in [4.69, 9.17) is 10.8 Å². The minimum absolute atomic E-state index is 0.00150. The number of fused-ring (bicyclic) bond motifs is 1. The molecular formula is C16H11N3O4. The first kappa shape index (κ1) is 14.5. The number of pyridine rings is 2. The molecule has 7 nitrogen and oxygen atoms in total. The molecular weight excluding hydrogens is 298 g/mol. The van der Waals surface area contributed by atoms with Gasteiger partial charge in [0.1, 0.15) is 5.82 Å². The van der Waals surface area contributed by atoms with Crippen molar-refractivity contribution in [2.24, 2.45) is 0 Å². The number of aromatic nitrogens is 2. The van der Waals surface area contributed by atoms with Gasteiger partial charge in [0.2, 0.25) is 0 Å². The van der Waals surface area contributed by atoms with E-state index in [0.717, 1.165) is 6.20 Å². The predicted octanol–water partition coefficient (Wildman–Crippen LogP) is 1.43. The molecule has 0 bridgehead atoms. The third-order valence-corrected chi connectivity index (χ3v) is 3.40. The van der Waals surface area contributed by atoms with Crippen molar-refractivity contribution < 1.29 is 14.7 Å². The number of carbonyl (C=O) groups is 2. The topological polar surface area (TPSA) is 126 Å². The van der Waals surface area contributed by atoms with Crippen molar-refractivity contribution in [3.8, 4) is 0 Å². The Hall–Kier alpha value is -3.48. The number of hydrogen-bond donors (Lipinski definition) is 3. The highest BCUT2D eigenvalue weighted by atomic mass is 16.4. The standard InChI is InChI=1S/C16H11N3O4/c17-14-11(13(20)8-4-2-1-3-5-8)12-10(15(21)19-14)6-9(7-18-12)16(22)23/h1-7H,(H,22,23)(H3,17,19,21). The minimum Gasteiger partial charge on any atom is -0.478 e. The van der Waals surface area contributed by atoms with Crippen molar-refractivity contribution in [2.75, 3.05) is 5.73 Å². The normalized spacial score (nSPS) is 10.6. The summed E-state index contributed by atoms with van der Waals surface area (Å²) in [6, 6.07) is 9.57. The number of aromatic carboxylic acids is 1. The Bertz CT molecular complexity index is 993. The molecule has 2 aromatic heterocycles. The third kappa shape index (κ3) is 2.44. The Kier molecular flexibility index (Phi) is 3.38. The maximum Gasteiger partial charge on any atom is 0.337 e. The summed E-state index contributed by atoms with van der Waals surface area (Å²) in [5.41, 5.74) is 5.55. The Morgan fingerprint density at radius 2 is 1.83 bits per heavy atom. The van der Waals surface area contributed by atoms with E-state index in [1.807, 2.05) is 0 Å². The summed E-state index contributed by atoms with van der Waals surface area (Å²) in [4.78, 5) is 42.0. The molecule has 23 heavy (non-hydrogen) atoms. The van der Waals surface area contributed by atoms with Crippen molar-refractivity contribution in [2.45, 2.75) is 0 Å². The molecule has 0 unspecified atom stereocenters. The smallest absolute Gasteiger partial charge is 0.337 e. The fourth-order valence-corrected chi connectivity index (χ4v) is 2.30. The van der Waals surface area contributed by atoms with Gasteiger partial charge in [-0.15, -0.1) is 0 Å². The van der Waals surface area contributed by atoms with E-state index in [9.17, 15) is 14.4 Å². The molecule has 0 saturated carbocycles. The summed E-state index contributed by atoms with van der Waals surface area (Å²) >= 11 is 0. The summed E-state index contributed by atoms with van der Waals surface area (Å²) in [7, 11) is 0. The van der Waals surface area contributed by atoms with E-state index in [0.29, 0.717) is 5.56 Å². The molecule has 3 aromatic rings. The van der Waals surface area contributed by atoms with Gasteiger partial charge in [-0.2, -0.15) is 0 Å². The zero-order valence-electron chi connectivity index (χ0n) is 11.7. The second-order valence-electron chi connectivity index (χ2n) is 4.86. The van der Waals surface area contributed by atoms with Crippen LogP contribution in [0.3, 0.4) is 0 Å². The summed E-state index contributed by atoms with van der Waals surface area (Å²) < 4.78 is 0. The molecule has 0 atom stereocenters. The first-order valence-electron chi connectivity index (χ1n) is 6.63. The molecule has 3 rings (SSSR count). The molecule has 0 saturated heterocycles. The number of nitrogens with zero attached hydrogens (tertiary/aromatic N) is 1. The quantitative estimate of drug-likeness (QED) is 0.628. The van der Waals surface area contributed by atoms with Crippen LogP contribution in [-0.4, -0.2) is 26.8 Å². The lowest BCUT2D eigenvalue weighted by Crippen LogP contribution is -2.17. The van der Waals surface area contributed by atoms with Gasteiger partial charge in [0, 0.05) is 11.8 Å². The molecule has 0 aliphatic rings. The van der Waals surface area contributed by atoms with Crippen LogP contribution in [0.2, 0.25) is 0 Å².